The van der Waals surface area contributed by atoms with Crippen LogP contribution in [0.25, 0.3) is 0 Å². The van der Waals surface area contributed by atoms with Crippen molar-refractivity contribution >= 4 is 21.6 Å². The number of ether oxygens (including phenoxy) is 1. The Bertz CT molecular complexity index is 864. The Morgan fingerprint density at radius 3 is 2.12 bits per heavy atom. The third-order valence-corrected chi connectivity index (χ3v) is 4.65. The molecular weight excluding hydrogens is 373 g/mol. The number of hydrogen-bond donors (Lipinski definition) is 2. The number of methoxy groups -OCH3 is 1. The van der Waals surface area contributed by atoms with Gasteiger partial charge in [-0.2, -0.15) is 13.2 Å². The van der Waals surface area contributed by atoms with Crippen molar-refractivity contribution in [3.05, 3.63) is 54.1 Å². The summed E-state index contributed by atoms with van der Waals surface area (Å²) in [7, 11) is -2.80. The highest BCUT2D eigenvalue weighted by atomic mass is 32.2. The van der Waals surface area contributed by atoms with E-state index in [1.54, 1.807) is 24.3 Å². The predicted molar refractivity (Wildman–Crippen MR) is 88.6 cm³/mol. The Hall–Kier alpha value is -2.59. The number of halogens is 3. The molecular formula is C16H15F3N2O4S. The lowest BCUT2D eigenvalue weighted by Gasteiger charge is -2.10. The normalized spacial score (nSPS) is 11.8. The zero-order valence-electron chi connectivity index (χ0n) is 13.5. The summed E-state index contributed by atoms with van der Waals surface area (Å²) in [6, 6.07) is 11.1. The Kier molecular flexibility index (Phi) is 5.88. The molecule has 0 bridgehead atoms. The molecule has 0 fully saturated rings. The first-order valence-corrected chi connectivity index (χ1v) is 8.71. The SMILES string of the molecule is COc1ccc(C(=O)Nc2ccc(S(=O)(=O)NCC(F)(F)F)cc2)cc1. The van der Waals surface area contributed by atoms with Crippen LogP contribution in [0, 0.1) is 0 Å². The van der Waals surface area contributed by atoms with Gasteiger partial charge in [0.1, 0.15) is 12.3 Å². The van der Waals surface area contributed by atoms with Crippen molar-refractivity contribution in [1.82, 2.24) is 4.72 Å². The van der Waals surface area contributed by atoms with Crippen LogP contribution in [-0.2, 0) is 10.0 Å². The summed E-state index contributed by atoms with van der Waals surface area (Å²) in [5.41, 5.74) is 0.648. The maximum Gasteiger partial charge on any atom is 0.402 e. The Morgan fingerprint density at radius 2 is 1.62 bits per heavy atom. The lowest BCUT2D eigenvalue weighted by atomic mass is 10.2. The van der Waals surface area contributed by atoms with Crippen molar-refractivity contribution in [3.8, 4) is 5.75 Å². The molecule has 0 atom stereocenters. The minimum Gasteiger partial charge on any atom is -0.497 e. The summed E-state index contributed by atoms with van der Waals surface area (Å²) in [4.78, 5) is 11.8. The van der Waals surface area contributed by atoms with Gasteiger partial charge in [0.15, 0.2) is 0 Å². The molecule has 0 saturated heterocycles. The molecule has 140 valence electrons. The maximum atomic E-state index is 12.1. The molecule has 0 unspecified atom stereocenters. The summed E-state index contributed by atoms with van der Waals surface area (Å²) in [6.45, 7) is -1.66. The van der Waals surface area contributed by atoms with E-state index >= 15 is 0 Å². The van der Waals surface area contributed by atoms with Crippen LogP contribution in [0.2, 0.25) is 0 Å². The van der Waals surface area contributed by atoms with Gasteiger partial charge in [-0.25, -0.2) is 13.1 Å². The third-order valence-electron chi connectivity index (χ3n) is 3.24. The first-order valence-electron chi connectivity index (χ1n) is 7.22. The van der Waals surface area contributed by atoms with E-state index < -0.39 is 28.7 Å². The molecule has 0 spiro atoms. The smallest absolute Gasteiger partial charge is 0.402 e. The van der Waals surface area contributed by atoms with Crippen molar-refractivity contribution < 1.29 is 31.1 Å². The fourth-order valence-corrected chi connectivity index (χ4v) is 2.94. The number of benzene rings is 2. The number of alkyl halides is 3. The number of sulfonamides is 1. The summed E-state index contributed by atoms with van der Waals surface area (Å²) in [5.74, 6) is 0.154. The number of amides is 1. The summed E-state index contributed by atoms with van der Waals surface area (Å²) in [6.07, 6.45) is -4.65. The monoisotopic (exact) mass is 388 g/mol. The van der Waals surface area contributed by atoms with Gasteiger partial charge in [0, 0.05) is 11.3 Å². The van der Waals surface area contributed by atoms with Crippen LogP contribution >= 0.6 is 0 Å². The van der Waals surface area contributed by atoms with E-state index in [-0.39, 0.29) is 4.90 Å². The maximum absolute atomic E-state index is 12.1. The van der Waals surface area contributed by atoms with E-state index in [1.807, 2.05) is 0 Å². The molecule has 2 rings (SSSR count). The number of nitrogens with one attached hydrogen (secondary N) is 2. The van der Waals surface area contributed by atoms with E-state index in [1.165, 1.54) is 24.0 Å². The van der Waals surface area contributed by atoms with Crippen LogP contribution in [0.3, 0.4) is 0 Å². The third kappa shape index (κ3) is 5.46. The van der Waals surface area contributed by atoms with Gasteiger partial charge in [-0.3, -0.25) is 4.79 Å². The van der Waals surface area contributed by atoms with Gasteiger partial charge in [0.2, 0.25) is 10.0 Å². The average Bonchev–Trinajstić information content (AvgIpc) is 2.60. The van der Waals surface area contributed by atoms with Crippen LogP contribution in [0.1, 0.15) is 10.4 Å². The highest BCUT2D eigenvalue weighted by Crippen LogP contribution is 2.18. The fraction of sp³-hybridized carbons (Fsp3) is 0.188. The van der Waals surface area contributed by atoms with Crippen LogP contribution in [0.5, 0.6) is 5.75 Å². The first-order chi connectivity index (χ1) is 12.1. The minimum absolute atomic E-state index is 0.292. The molecule has 0 radical (unpaired) electrons. The first kappa shape index (κ1) is 19.7. The molecule has 2 aromatic carbocycles. The van der Waals surface area contributed by atoms with Crippen LogP contribution in [0.4, 0.5) is 18.9 Å². The second-order valence-electron chi connectivity index (χ2n) is 5.15. The standard InChI is InChI=1S/C16H15F3N2O4S/c1-25-13-6-2-11(3-7-13)15(22)21-12-4-8-14(9-5-12)26(23,24)20-10-16(17,18)19/h2-9,20H,10H2,1H3,(H,21,22). The molecule has 26 heavy (non-hydrogen) atoms. The Labute approximate surface area is 148 Å². The van der Waals surface area contributed by atoms with Gasteiger partial charge in [-0.05, 0) is 48.5 Å². The summed E-state index contributed by atoms with van der Waals surface area (Å²) < 4.78 is 66.4. The Balaban J connectivity index is 2.05. The molecule has 0 saturated carbocycles. The molecule has 2 N–H and O–H groups in total. The molecule has 0 aliphatic carbocycles. The van der Waals surface area contributed by atoms with Gasteiger partial charge < -0.3 is 10.1 Å². The molecule has 6 nitrogen and oxygen atoms in total. The largest absolute Gasteiger partial charge is 0.497 e. The molecule has 2 aromatic rings. The Morgan fingerprint density at radius 1 is 1.04 bits per heavy atom. The zero-order chi connectivity index (χ0) is 19.4. The summed E-state index contributed by atoms with van der Waals surface area (Å²) in [5, 5.41) is 2.56. The van der Waals surface area contributed by atoms with Crippen molar-refractivity contribution in [2.24, 2.45) is 0 Å². The highest BCUT2D eigenvalue weighted by Gasteiger charge is 2.30. The van der Waals surface area contributed by atoms with Gasteiger partial charge in [-0.1, -0.05) is 0 Å². The van der Waals surface area contributed by atoms with Crippen LogP contribution in [-0.4, -0.2) is 34.2 Å². The average molecular weight is 388 g/mol. The van der Waals surface area contributed by atoms with Crippen LogP contribution in [0.15, 0.2) is 53.4 Å². The molecule has 0 aliphatic rings. The zero-order valence-corrected chi connectivity index (χ0v) is 14.3. The van der Waals surface area contributed by atoms with E-state index in [2.05, 4.69) is 5.32 Å². The minimum atomic E-state index is -4.65. The van der Waals surface area contributed by atoms with Crippen molar-refractivity contribution in [2.75, 3.05) is 19.0 Å². The highest BCUT2D eigenvalue weighted by molar-refractivity contribution is 7.89. The van der Waals surface area contributed by atoms with Gasteiger partial charge in [0.25, 0.3) is 5.91 Å². The number of carbonyl (C=O) groups excluding carboxylic acids is 1. The van der Waals surface area contributed by atoms with Crippen molar-refractivity contribution in [1.29, 1.82) is 0 Å². The summed E-state index contributed by atoms with van der Waals surface area (Å²) >= 11 is 0. The van der Waals surface area contributed by atoms with E-state index in [9.17, 15) is 26.4 Å². The molecule has 1 amide bonds. The topological polar surface area (TPSA) is 84.5 Å². The van der Waals surface area contributed by atoms with Crippen molar-refractivity contribution in [2.45, 2.75) is 11.1 Å². The second-order valence-corrected chi connectivity index (χ2v) is 6.91. The number of rotatable bonds is 6. The molecule has 0 aliphatic heterocycles. The quantitative estimate of drug-likeness (QED) is 0.797. The molecule has 0 aromatic heterocycles. The molecule has 10 heteroatoms. The predicted octanol–water partition coefficient (Wildman–Crippen LogP) is 2.79. The second kappa shape index (κ2) is 7.75. The number of hydrogen-bond acceptors (Lipinski definition) is 4. The lowest BCUT2D eigenvalue weighted by Crippen LogP contribution is -2.33. The van der Waals surface area contributed by atoms with E-state index in [4.69, 9.17) is 4.74 Å². The van der Waals surface area contributed by atoms with Gasteiger partial charge in [-0.15, -0.1) is 0 Å². The van der Waals surface area contributed by atoms with Crippen molar-refractivity contribution in [3.63, 3.8) is 0 Å². The molecule has 0 heterocycles. The van der Waals surface area contributed by atoms with Gasteiger partial charge in [0.05, 0.1) is 12.0 Å². The fourth-order valence-electron chi connectivity index (χ4n) is 1.92. The van der Waals surface area contributed by atoms with Gasteiger partial charge >= 0.3 is 6.18 Å². The van der Waals surface area contributed by atoms with E-state index in [0.29, 0.717) is 17.0 Å². The number of carbonyl (C=O) groups is 1. The van der Waals surface area contributed by atoms with Crippen LogP contribution < -0.4 is 14.8 Å². The number of anilines is 1. The lowest BCUT2D eigenvalue weighted by molar-refractivity contribution is -0.121. The van der Waals surface area contributed by atoms with E-state index in [0.717, 1.165) is 12.1 Å².